The lowest BCUT2D eigenvalue weighted by atomic mass is 10.00. The van der Waals surface area contributed by atoms with Crippen LogP contribution in [0.4, 0.5) is 5.69 Å². The van der Waals surface area contributed by atoms with Gasteiger partial charge in [-0.1, -0.05) is 41.4 Å². The third kappa shape index (κ3) is 3.06. The molecule has 0 N–H and O–H groups in total. The molecule has 4 nitrogen and oxygen atoms in total. The van der Waals surface area contributed by atoms with Gasteiger partial charge in [0.15, 0.2) is 5.84 Å². The van der Waals surface area contributed by atoms with Crippen LogP contribution in [0.25, 0.3) is 0 Å². The number of hydrogen-bond donors (Lipinski definition) is 0. The zero-order chi connectivity index (χ0) is 17.4. The first-order chi connectivity index (χ1) is 12.2. The summed E-state index contributed by atoms with van der Waals surface area (Å²) in [6.45, 7) is 0.994. The van der Waals surface area contributed by atoms with Gasteiger partial charge in [0, 0.05) is 21.2 Å². The van der Waals surface area contributed by atoms with Crippen molar-refractivity contribution >= 4 is 57.7 Å². The molecule has 0 bridgehead atoms. The molecule has 2 aromatic rings. The van der Waals surface area contributed by atoms with Crippen LogP contribution in [0.1, 0.15) is 11.1 Å². The first kappa shape index (κ1) is 16.6. The van der Waals surface area contributed by atoms with E-state index in [1.165, 1.54) is 0 Å². The van der Waals surface area contributed by atoms with Gasteiger partial charge in [0.05, 0.1) is 36.1 Å². The Hall–Kier alpha value is -1.88. The Morgan fingerprint density at radius 2 is 1.84 bits per heavy atom. The summed E-state index contributed by atoms with van der Waals surface area (Å²) >= 11 is 18.6. The Labute approximate surface area is 160 Å². The van der Waals surface area contributed by atoms with Gasteiger partial charge >= 0.3 is 0 Å². The van der Waals surface area contributed by atoms with Crippen LogP contribution in [0.3, 0.4) is 0 Å². The van der Waals surface area contributed by atoms with Crippen LogP contribution in [0, 0.1) is 0 Å². The van der Waals surface area contributed by atoms with Crippen LogP contribution in [-0.2, 0) is 0 Å². The van der Waals surface area contributed by atoms with Crippen LogP contribution >= 0.6 is 34.8 Å². The number of amidine groups is 1. The van der Waals surface area contributed by atoms with Crippen LogP contribution in [0.5, 0.6) is 0 Å². The summed E-state index contributed by atoms with van der Waals surface area (Å²) in [5.74, 6) is 1.12. The molecule has 2 aromatic carbocycles. The van der Waals surface area contributed by atoms with Crippen LogP contribution < -0.4 is 4.90 Å². The maximum Gasteiger partial charge on any atom is 0.154 e. The fourth-order valence-corrected chi connectivity index (χ4v) is 3.49. The van der Waals surface area contributed by atoms with E-state index in [1.807, 2.05) is 42.5 Å². The molecule has 0 radical (unpaired) electrons. The van der Waals surface area contributed by atoms with Crippen molar-refractivity contribution in [1.82, 2.24) is 0 Å². The molecule has 0 saturated heterocycles. The molecule has 7 heteroatoms. The number of fused-ring (bicyclic) bond motifs is 3. The molecule has 0 unspecified atom stereocenters. The van der Waals surface area contributed by atoms with E-state index in [9.17, 15) is 0 Å². The number of alkyl halides is 1. The predicted molar refractivity (Wildman–Crippen MR) is 106 cm³/mol. The number of halogens is 3. The molecule has 2 aliphatic rings. The molecule has 0 spiro atoms. The second-order valence-electron chi connectivity index (χ2n) is 5.71. The molecule has 0 aromatic heterocycles. The highest BCUT2D eigenvalue weighted by Crippen LogP contribution is 2.32. The van der Waals surface area contributed by atoms with Crippen molar-refractivity contribution in [2.24, 2.45) is 15.2 Å². The number of hydrogen-bond acceptors (Lipinski definition) is 4. The SMILES string of the molecule is ClCC1=NN=C2CN=C(c3ccccc3Cl)c3cc(Cl)ccc3N2C1. The molecule has 0 fully saturated rings. The van der Waals surface area contributed by atoms with Crippen molar-refractivity contribution in [1.29, 1.82) is 0 Å². The average molecular weight is 392 g/mol. The first-order valence-corrected chi connectivity index (χ1v) is 9.01. The molecule has 126 valence electrons. The standard InChI is InChI=1S/C18H13Cl3N4/c19-8-12-10-25-16-6-5-11(20)7-14(16)18(22-9-17(25)24-23-12)13-3-1-2-4-15(13)21/h1-7H,8-10H2. The Morgan fingerprint density at radius 1 is 1.00 bits per heavy atom. The van der Waals surface area contributed by atoms with Crippen molar-refractivity contribution < 1.29 is 0 Å². The lowest BCUT2D eigenvalue weighted by Gasteiger charge is -2.27. The lowest BCUT2D eigenvalue weighted by molar-refractivity contribution is 1.03. The first-order valence-electron chi connectivity index (χ1n) is 7.72. The summed E-state index contributed by atoms with van der Waals surface area (Å²) in [6.07, 6.45) is 0. The second kappa shape index (κ2) is 6.79. The number of aliphatic imine (C=N–C) groups is 1. The minimum Gasteiger partial charge on any atom is -0.320 e. The van der Waals surface area contributed by atoms with Gasteiger partial charge in [0.25, 0.3) is 0 Å². The molecule has 4 rings (SSSR count). The van der Waals surface area contributed by atoms with E-state index < -0.39 is 0 Å². The van der Waals surface area contributed by atoms with Crippen LogP contribution in [-0.4, -0.2) is 36.2 Å². The summed E-state index contributed by atoms with van der Waals surface area (Å²) in [4.78, 5) is 6.86. The van der Waals surface area contributed by atoms with E-state index >= 15 is 0 Å². The van der Waals surface area contributed by atoms with Crippen molar-refractivity contribution in [2.45, 2.75) is 0 Å². The predicted octanol–water partition coefficient (Wildman–Crippen LogP) is 4.66. The molecule has 0 aliphatic carbocycles. The summed E-state index contributed by atoms with van der Waals surface area (Å²) < 4.78 is 0. The Bertz CT molecular complexity index is 934. The normalized spacial score (nSPS) is 16.3. The fourth-order valence-electron chi connectivity index (χ4n) is 2.95. The minimum atomic E-state index is 0.342. The maximum atomic E-state index is 6.42. The van der Waals surface area contributed by atoms with Gasteiger partial charge in [-0.15, -0.1) is 16.7 Å². The third-order valence-electron chi connectivity index (χ3n) is 4.13. The highest BCUT2D eigenvalue weighted by atomic mass is 35.5. The fraction of sp³-hybridized carbons (Fsp3) is 0.167. The van der Waals surface area contributed by atoms with Gasteiger partial charge in [-0.2, -0.15) is 5.10 Å². The van der Waals surface area contributed by atoms with Gasteiger partial charge in [-0.05, 0) is 24.3 Å². The van der Waals surface area contributed by atoms with Crippen molar-refractivity contribution in [3.63, 3.8) is 0 Å². The largest absolute Gasteiger partial charge is 0.320 e. The number of rotatable bonds is 2. The van der Waals surface area contributed by atoms with Crippen molar-refractivity contribution in [3.05, 3.63) is 63.6 Å². The third-order valence-corrected chi connectivity index (χ3v) is 5.00. The van der Waals surface area contributed by atoms with Crippen LogP contribution in [0.2, 0.25) is 10.0 Å². The summed E-state index contributed by atoms with van der Waals surface area (Å²) in [7, 11) is 0. The number of nitrogens with zero attached hydrogens (tertiary/aromatic N) is 4. The highest BCUT2D eigenvalue weighted by Gasteiger charge is 2.27. The topological polar surface area (TPSA) is 40.3 Å². The van der Waals surface area contributed by atoms with E-state index in [0.29, 0.717) is 29.0 Å². The summed E-state index contributed by atoms with van der Waals surface area (Å²) in [5.41, 5.74) is 4.37. The van der Waals surface area contributed by atoms with Crippen LogP contribution in [0.15, 0.2) is 57.7 Å². The van der Waals surface area contributed by atoms with Gasteiger partial charge in [-0.3, -0.25) is 4.99 Å². The molecular weight excluding hydrogens is 379 g/mol. The molecule has 25 heavy (non-hydrogen) atoms. The van der Waals surface area contributed by atoms with Gasteiger partial charge in [0.1, 0.15) is 0 Å². The Morgan fingerprint density at radius 3 is 2.64 bits per heavy atom. The van der Waals surface area contributed by atoms with Crippen molar-refractivity contribution in [2.75, 3.05) is 23.9 Å². The van der Waals surface area contributed by atoms with E-state index in [-0.39, 0.29) is 0 Å². The van der Waals surface area contributed by atoms with E-state index in [1.54, 1.807) is 0 Å². The van der Waals surface area contributed by atoms with E-state index in [2.05, 4.69) is 15.1 Å². The molecule has 2 heterocycles. The summed E-state index contributed by atoms with van der Waals surface area (Å²) in [6, 6.07) is 13.4. The zero-order valence-corrected chi connectivity index (χ0v) is 15.4. The van der Waals surface area contributed by atoms with Gasteiger partial charge in [-0.25, -0.2) is 0 Å². The summed E-state index contributed by atoms with van der Waals surface area (Å²) in [5, 5.41) is 9.78. The average Bonchev–Trinajstić information content (AvgIpc) is 2.78. The Kier molecular flexibility index (Phi) is 4.50. The molecule has 0 amide bonds. The maximum absolute atomic E-state index is 6.42. The van der Waals surface area contributed by atoms with E-state index in [4.69, 9.17) is 39.8 Å². The molecule has 0 atom stereocenters. The van der Waals surface area contributed by atoms with Gasteiger partial charge in [0.2, 0.25) is 0 Å². The highest BCUT2D eigenvalue weighted by molar-refractivity contribution is 6.37. The minimum absolute atomic E-state index is 0.342. The number of benzene rings is 2. The quantitative estimate of drug-likeness (QED) is 0.686. The number of anilines is 1. The zero-order valence-electron chi connectivity index (χ0n) is 13.1. The van der Waals surface area contributed by atoms with E-state index in [0.717, 1.165) is 34.1 Å². The smallest absolute Gasteiger partial charge is 0.154 e. The Balaban J connectivity index is 1.91. The molecule has 2 aliphatic heterocycles. The molecule has 0 saturated carbocycles. The molecular formula is C18H13Cl3N4. The van der Waals surface area contributed by atoms with Gasteiger partial charge < -0.3 is 4.90 Å². The van der Waals surface area contributed by atoms with Crippen molar-refractivity contribution in [3.8, 4) is 0 Å². The monoisotopic (exact) mass is 390 g/mol. The lowest BCUT2D eigenvalue weighted by Crippen LogP contribution is -2.40. The second-order valence-corrected chi connectivity index (χ2v) is 6.82.